The quantitative estimate of drug-likeness (QED) is 0.776. The van der Waals surface area contributed by atoms with Gasteiger partial charge in [-0.05, 0) is 28.1 Å². The molecule has 1 heterocycles. The van der Waals surface area contributed by atoms with E-state index < -0.39 is 5.82 Å². The van der Waals surface area contributed by atoms with Crippen molar-refractivity contribution >= 4 is 32.7 Å². The molecule has 0 aliphatic heterocycles. The molecule has 6 heteroatoms. The van der Waals surface area contributed by atoms with Gasteiger partial charge in [0.05, 0.1) is 4.47 Å². The van der Waals surface area contributed by atoms with E-state index in [1.807, 2.05) is 0 Å². The third-order valence-electron chi connectivity index (χ3n) is 2.16. The number of halogens is 2. The van der Waals surface area contributed by atoms with Crippen LogP contribution in [0.3, 0.4) is 0 Å². The minimum Gasteiger partial charge on any atom is -0.506 e. The van der Waals surface area contributed by atoms with Crippen LogP contribution in [0.2, 0.25) is 0 Å². The van der Waals surface area contributed by atoms with Crippen molar-refractivity contribution in [3.05, 3.63) is 28.0 Å². The minimum absolute atomic E-state index is 0.0663. The maximum absolute atomic E-state index is 13.6. The lowest BCUT2D eigenvalue weighted by Gasteiger charge is -2.06. The Balaban J connectivity index is 3.00. The summed E-state index contributed by atoms with van der Waals surface area (Å²) in [5.41, 5.74) is 5.23. The highest BCUT2D eigenvalue weighted by Gasteiger charge is 2.16. The van der Waals surface area contributed by atoms with E-state index in [4.69, 9.17) is 11.0 Å². The highest BCUT2D eigenvalue weighted by atomic mass is 79.9. The lowest BCUT2D eigenvalue weighted by Crippen LogP contribution is -1.98. The third-order valence-corrected chi connectivity index (χ3v) is 2.77. The molecular formula is C10H5BrFN3O. The zero-order valence-corrected chi connectivity index (χ0v) is 9.42. The monoisotopic (exact) mass is 281 g/mol. The van der Waals surface area contributed by atoms with Gasteiger partial charge in [0.15, 0.2) is 5.82 Å². The molecular weight excluding hydrogens is 277 g/mol. The Hall–Kier alpha value is -1.87. The Labute approximate surface area is 98.3 Å². The number of fused-ring (bicyclic) bond motifs is 1. The van der Waals surface area contributed by atoms with Gasteiger partial charge in [-0.3, -0.25) is 0 Å². The summed E-state index contributed by atoms with van der Waals surface area (Å²) in [5.74, 6) is -1.16. The third kappa shape index (κ3) is 1.37. The van der Waals surface area contributed by atoms with Gasteiger partial charge in [-0.1, -0.05) is 0 Å². The van der Waals surface area contributed by atoms with Gasteiger partial charge in [-0.2, -0.15) is 5.26 Å². The SMILES string of the molecule is N#Cc1c(N)nc2c(F)c(Br)ccc2c1O. The molecule has 4 nitrogen and oxygen atoms in total. The molecule has 0 aliphatic carbocycles. The first-order valence-electron chi connectivity index (χ1n) is 4.22. The van der Waals surface area contributed by atoms with Crippen LogP contribution in [-0.2, 0) is 0 Å². The van der Waals surface area contributed by atoms with Crippen LogP contribution in [0.1, 0.15) is 5.56 Å². The van der Waals surface area contributed by atoms with Crippen molar-refractivity contribution < 1.29 is 9.50 Å². The van der Waals surface area contributed by atoms with Crippen LogP contribution in [0, 0.1) is 17.1 Å². The van der Waals surface area contributed by atoms with E-state index in [2.05, 4.69) is 20.9 Å². The Morgan fingerprint density at radius 3 is 2.81 bits per heavy atom. The van der Waals surface area contributed by atoms with Gasteiger partial charge in [0.2, 0.25) is 0 Å². The molecule has 0 unspecified atom stereocenters. The summed E-state index contributed by atoms with van der Waals surface area (Å²) in [4.78, 5) is 3.76. The number of nitrogen functional groups attached to an aromatic ring is 1. The lowest BCUT2D eigenvalue weighted by atomic mass is 10.1. The molecule has 0 atom stereocenters. The molecule has 3 N–H and O–H groups in total. The predicted molar refractivity (Wildman–Crippen MR) is 60.2 cm³/mol. The number of nitriles is 1. The van der Waals surface area contributed by atoms with Gasteiger partial charge in [0.25, 0.3) is 0 Å². The first-order chi connectivity index (χ1) is 7.56. The van der Waals surface area contributed by atoms with E-state index in [1.54, 1.807) is 6.07 Å². The number of benzene rings is 1. The molecule has 16 heavy (non-hydrogen) atoms. The number of hydrogen-bond acceptors (Lipinski definition) is 4. The molecule has 0 fully saturated rings. The fourth-order valence-electron chi connectivity index (χ4n) is 1.38. The second kappa shape index (κ2) is 3.61. The highest BCUT2D eigenvalue weighted by molar-refractivity contribution is 9.10. The Morgan fingerprint density at radius 2 is 2.19 bits per heavy atom. The average Bonchev–Trinajstić information content (AvgIpc) is 2.25. The molecule has 80 valence electrons. The Morgan fingerprint density at radius 1 is 1.50 bits per heavy atom. The molecule has 1 aromatic carbocycles. The van der Waals surface area contributed by atoms with Gasteiger partial charge >= 0.3 is 0 Å². The molecule has 0 radical (unpaired) electrons. The number of hydrogen-bond donors (Lipinski definition) is 2. The summed E-state index contributed by atoms with van der Waals surface area (Å²) >= 11 is 3.00. The van der Waals surface area contributed by atoms with E-state index in [1.165, 1.54) is 12.1 Å². The summed E-state index contributed by atoms with van der Waals surface area (Å²) in [6, 6.07) is 4.61. The number of aromatic hydroxyl groups is 1. The van der Waals surface area contributed by atoms with Crippen LogP contribution >= 0.6 is 15.9 Å². The fourth-order valence-corrected chi connectivity index (χ4v) is 1.70. The molecule has 0 aliphatic rings. The maximum atomic E-state index is 13.6. The molecule has 0 saturated heterocycles. The molecule has 1 aromatic heterocycles. The van der Waals surface area contributed by atoms with Crippen molar-refractivity contribution in [3.8, 4) is 11.8 Å². The van der Waals surface area contributed by atoms with Crippen molar-refractivity contribution in [1.82, 2.24) is 4.98 Å². The van der Waals surface area contributed by atoms with E-state index in [0.717, 1.165) is 0 Å². The van der Waals surface area contributed by atoms with Gasteiger partial charge < -0.3 is 10.8 Å². The number of nitrogens with two attached hydrogens (primary N) is 1. The summed E-state index contributed by atoms with van der Waals surface area (Å²) in [6.07, 6.45) is 0. The zero-order chi connectivity index (χ0) is 11.9. The number of pyridine rings is 1. The van der Waals surface area contributed by atoms with Crippen LogP contribution in [0.4, 0.5) is 10.2 Å². The second-order valence-electron chi connectivity index (χ2n) is 3.09. The van der Waals surface area contributed by atoms with Crippen LogP contribution < -0.4 is 5.73 Å². The number of aromatic nitrogens is 1. The molecule has 2 rings (SSSR count). The maximum Gasteiger partial charge on any atom is 0.163 e. The lowest BCUT2D eigenvalue weighted by molar-refractivity contribution is 0.479. The Bertz CT molecular complexity index is 636. The predicted octanol–water partition coefficient (Wildman–Crippen LogP) is 2.30. The number of nitrogens with zero attached hydrogens (tertiary/aromatic N) is 2. The van der Waals surface area contributed by atoms with Crippen LogP contribution in [0.25, 0.3) is 10.9 Å². The first kappa shape index (κ1) is 10.6. The van der Waals surface area contributed by atoms with E-state index in [-0.39, 0.29) is 32.5 Å². The smallest absolute Gasteiger partial charge is 0.163 e. The second-order valence-corrected chi connectivity index (χ2v) is 3.94. The Kier molecular flexibility index (Phi) is 2.40. The highest BCUT2D eigenvalue weighted by Crippen LogP contribution is 2.33. The standard InChI is InChI=1S/C10H5BrFN3O/c11-6-2-1-4-8(7(6)12)15-10(14)5(3-13)9(4)16/h1-2H,(H3,14,15,16). The molecule has 0 bridgehead atoms. The molecule has 2 aromatic rings. The fraction of sp³-hybridized carbons (Fsp3) is 0. The topological polar surface area (TPSA) is 82.9 Å². The van der Waals surface area contributed by atoms with Crippen LogP contribution in [0.15, 0.2) is 16.6 Å². The average molecular weight is 282 g/mol. The van der Waals surface area contributed by atoms with Crippen molar-refractivity contribution in [2.24, 2.45) is 0 Å². The van der Waals surface area contributed by atoms with Crippen molar-refractivity contribution in [3.63, 3.8) is 0 Å². The van der Waals surface area contributed by atoms with Gasteiger partial charge in [0, 0.05) is 5.39 Å². The summed E-state index contributed by atoms with van der Waals surface area (Å²) in [6.45, 7) is 0. The summed E-state index contributed by atoms with van der Waals surface area (Å²) in [7, 11) is 0. The largest absolute Gasteiger partial charge is 0.506 e. The van der Waals surface area contributed by atoms with E-state index in [9.17, 15) is 9.50 Å². The summed E-state index contributed by atoms with van der Waals surface area (Å²) < 4.78 is 13.9. The van der Waals surface area contributed by atoms with Crippen molar-refractivity contribution in [1.29, 1.82) is 5.26 Å². The normalized spacial score (nSPS) is 10.3. The van der Waals surface area contributed by atoms with Crippen molar-refractivity contribution in [2.45, 2.75) is 0 Å². The van der Waals surface area contributed by atoms with Crippen LogP contribution in [0.5, 0.6) is 5.75 Å². The first-order valence-corrected chi connectivity index (χ1v) is 5.01. The van der Waals surface area contributed by atoms with E-state index >= 15 is 0 Å². The number of rotatable bonds is 0. The zero-order valence-electron chi connectivity index (χ0n) is 7.83. The van der Waals surface area contributed by atoms with Crippen molar-refractivity contribution in [2.75, 3.05) is 5.73 Å². The minimum atomic E-state index is -0.621. The van der Waals surface area contributed by atoms with E-state index in [0.29, 0.717) is 0 Å². The van der Waals surface area contributed by atoms with Gasteiger partial charge in [0.1, 0.15) is 28.7 Å². The van der Waals surface area contributed by atoms with Gasteiger partial charge in [-0.15, -0.1) is 0 Å². The summed E-state index contributed by atoms with van der Waals surface area (Å²) in [5, 5.41) is 18.6. The molecule has 0 saturated carbocycles. The van der Waals surface area contributed by atoms with Crippen LogP contribution in [-0.4, -0.2) is 10.1 Å². The molecule has 0 amide bonds. The van der Waals surface area contributed by atoms with Gasteiger partial charge in [-0.25, -0.2) is 9.37 Å². The molecule has 0 spiro atoms. The number of anilines is 1.